The summed E-state index contributed by atoms with van der Waals surface area (Å²) in [5.41, 5.74) is 1.59. The Balaban J connectivity index is 2.15. The lowest BCUT2D eigenvalue weighted by atomic mass is 10.1. The van der Waals surface area contributed by atoms with Crippen LogP contribution in [0.4, 0.5) is 8.78 Å². The van der Waals surface area contributed by atoms with Crippen molar-refractivity contribution in [1.29, 1.82) is 0 Å². The molecule has 1 N–H and O–H groups in total. The van der Waals surface area contributed by atoms with Crippen LogP contribution < -0.4 is 4.74 Å². The van der Waals surface area contributed by atoms with E-state index in [-0.39, 0.29) is 17.9 Å². The van der Waals surface area contributed by atoms with Gasteiger partial charge in [-0.15, -0.1) is 0 Å². The zero-order chi connectivity index (χ0) is 14.7. The number of hydrogen-bond donors (Lipinski definition) is 1. The first-order valence-electron chi connectivity index (χ1n) is 5.88. The maximum absolute atomic E-state index is 13.4. The van der Waals surface area contributed by atoms with Crippen LogP contribution in [0.25, 0.3) is 0 Å². The summed E-state index contributed by atoms with van der Waals surface area (Å²) >= 11 is 0. The van der Waals surface area contributed by atoms with Crippen molar-refractivity contribution in [2.45, 2.75) is 13.5 Å². The molecule has 2 rings (SSSR count). The van der Waals surface area contributed by atoms with Crippen molar-refractivity contribution in [3.05, 3.63) is 64.7 Å². The minimum atomic E-state index is -1.03. The number of carboxylic acid groups (broad SMARTS) is 1. The molecule has 104 valence electrons. The van der Waals surface area contributed by atoms with E-state index < -0.39 is 17.6 Å². The standard InChI is InChI=1S/C15H12F2O3/c1-9-7-10(15(18)19)5-6-11(9)8-20-13-4-2-3-12(16)14(13)17/h2-7H,8H2,1H3,(H,18,19). The summed E-state index contributed by atoms with van der Waals surface area (Å²) in [5, 5.41) is 8.85. The van der Waals surface area contributed by atoms with Crippen LogP contribution in [-0.4, -0.2) is 11.1 Å². The molecule has 0 saturated heterocycles. The van der Waals surface area contributed by atoms with Gasteiger partial charge in [0.05, 0.1) is 5.56 Å². The van der Waals surface area contributed by atoms with E-state index in [1.165, 1.54) is 24.3 Å². The van der Waals surface area contributed by atoms with Gasteiger partial charge < -0.3 is 9.84 Å². The molecule has 20 heavy (non-hydrogen) atoms. The first kappa shape index (κ1) is 14.0. The summed E-state index contributed by atoms with van der Waals surface area (Å²) in [4.78, 5) is 10.8. The fraction of sp³-hybridized carbons (Fsp3) is 0.133. The molecule has 0 saturated carbocycles. The summed E-state index contributed by atoms with van der Waals surface area (Å²) in [6.45, 7) is 1.76. The molecule has 0 spiro atoms. The van der Waals surface area contributed by atoms with Crippen molar-refractivity contribution in [2.75, 3.05) is 0 Å². The van der Waals surface area contributed by atoms with Crippen molar-refractivity contribution >= 4 is 5.97 Å². The third-order valence-electron chi connectivity index (χ3n) is 2.89. The van der Waals surface area contributed by atoms with Crippen LogP contribution in [0.2, 0.25) is 0 Å². The highest BCUT2D eigenvalue weighted by molar-refractivity contribution is 5.87. The second-order valence-corrected chi connectivity index (χ2v) is 4.29. The van der Waals surface area contributed by atoms with E-state index >= 15 is 0 Å². The molecule has 0 aromatic heterocycles. The van der Waals surface area contributed by atoms with Crippen molar-refractivity contribution in [2.24, 2.45) is 0 Å². The van der Waals surface area contributed by atoms with Gasteiger partial charge in [0.25, 0.3) is 0 Å². The van der Waals surface area contributed by atoms with Gasteiger partial charge in [-0.1, -0.05) is 12.1 Å². The molecule has 5 heteroatoms. The number of benzene rings is 2. The Morgan fingerprint density at radius 2 is 2.00 bits per heavy atom. The Labute approximate surface area is 114 Å². The predicted molar refractivity (Wildman–Crippen MR) is 68.8 cm³/mol. The van der Waals surface area contributed by atoms with E-state index in [0.29, 0.717) is 11.1 Å². The molecule has 0 unspecified atom stereocenters. The number of aryl methyl sites for hydroxylation is 1. The monoisotopic (exact) mass is 278 g/mol. The number of halogens is 2. The second kappa shape index (κ2) is 5.69. The number of ether oxygens (including phenoxy) is 1. The molecular formula is C15H12F2O3. The third kappa shape index (κ3) is 2.93. The second-order valence-electron chi connectivity index (χ2n) is 4.29. The molecule has 0 radical (unpaired) electrons. The van der Waals surface area contributed by atoms with E-state index in [0.717, 1.165) is 6.07 Å². The van der Waals surface area contributed by atoms with E-state index in [1.54, 1.807) is 13.0 Å². The normalized spacial score (nSPS) is 10.3. The highest BCUT2D eigenvalue weighted by Gasteiger charge is 2.10. The van der Waals surface area contributed by atoms with Crippen molar-refractivity contribution in [3.63, 3.8) is 0 Å². The summed E-state index contributed by atoms with van der Waals surface area (Å²) in [6.07, 6.45) is 0. The average molecular weight is 278 g/mol. The largest absolute Gasteiger partial charge is 0.486 e. The lowest BCUT2D eigenvalue weighted by Crippen LogP contribution is -2.03. The molecule has 0 bridgehead atoms. The van der Waals surface area contributed by atoms with Gasteiger partial charge in [-0.3, -0.25) is 0 Å². The van der Waals surface area contributed by atoms with E-state index in [9.17, 15) is 13.6 Å². The molecule has 0 fully saturated rings. The van der Waals surface area contributed by atoms with Crippen LogP contribution in [0.1, 0.15) is 21.5 Å². The van der Waals surface area contributed by atoms with Gasteiger partial charge in [-0.05, 0) is 42.3 Å². The molecule has 0 aliphatic heterocycles. The molecule has 0 aliphatic rings. The Hall–Kier alpha value is -2.43. The Morgan fingerprint density at radius 1 is 1.25 bits per heavy atom. The quantitative estimate of drug-likeness (QED) is 0.930. The van der Waals surface area contributed by atoms with Gasteiger partial charge in [0.15, 0.2) is 11.6 Å². The maximum Gasteiger partial charge on any atom is 0.335 e. The number of carboxylic acids is 1. The molecule has 2 aromatic rings. The van der Waals surface area contributed by atoms with Gasteiger partial charge >= 0.3 is 5.97 Å². The summed E-state index contributed by atoms with van der Waals surface area (Å²) < 4.78 is 31.6. The smallest absolute Gasteiger partial charge is 0.335 e. The Kier molecular flexibility index (Phi) is 3.98. The highest BCUT2D eigenvalue weighted by atomic mass is 19.2. The SMILES string of the molecule is Cc1cc(C(=O)O)ccc1COc1cccc(F)c1F. The number of hydrogen-bond acceptors (Lipinski definition) is 2. The Bertz CT molecular complexity index is 654. The summed E-state index contributed by atoms with van der Waals surface area (Å²) in [7, 11) is 0. The molecular weight excluding hydrogens is 266 g/mol. The molecule has 0 atom stereocenters. The van der Waals surface area contributed by atoms with Gasteiger partial charge in [0.1, 0.15) is 6.61 Å². The molecule has 2 aromatic carbocycles. The minimum absolute atomic E-state index is 0.0338. The highest BCUT2D eigenvalue weighted by Crippen LogP contribution is 2.21. The number of aromatic carboxylic acids is 1. The third-order valence-corrected chi connectivity index (χ3v) is 2.89. The zero-order valence-electron chi connectivity index (χ0n) is 10.7. The fourth-order valence-electron chi connectivity index (χ4n) is 1.74. The summed E-state index contributed by atoms with van der Waals surface area (Å²) in [5.74, 6) is -3.20. The van der Waals surface area contributed by atoms with Crippen molar-refractivity contribution in [3.8, 4) is 5.75 Å². The van der Waals surface area contributed by atoms with Gasteiger partial charge in [-0.25, -0.2) is 9.18 Å². The summed E-state index contributed by atoms with van der Waals surface area (Å²) in [6, 6.07) is 8.23. The van der Waals surface area contributed by atoms with Crippen LogP contribution >= 0.6 is 0 Å². The van der Waals surface area contributed by atoms with Crippen LogP contribution in [0, 0.1) is 18.6 Å². The average Bonchev–Trinajstić information content (AvgIpc) is 2.41. The topological polar surface area (TPSA) is 46.5 Å². The first-order chi connectivity index (χ1) is 9.49. The van der Waals surface area contributed by atoms with E-state index in [4.69, 9.17) is 9.84 Å². The predicted octanol–water partition coefficient (Wildman–Crippen LogP) is 3.55. The molecule has 3 nitrogen and oxygen atoms in total. The van der Waals surface area contributed by atoms with Crippen molar-refractivity contribution in [1.82, 2.24) is 0 Å². The van der Waals surface area contributed by atoms with Crippen LogP contribution in [0.5, 0.6) is 5.75 Å². The van der Waals surface area contributed by atoms with Gasteiger partial charge in [0, 0.05) is 0 Å². The Morgan fingerprint density at radius 3 is 2.65 bits per heavy atom. The lowest BCUT2D eigenvalue weighted by molar-refractivity contribution is 0.0696. The molecule has 0 heterocycles. The van der Waals surface area contributed by atoms with Gasteiger partial charge in [0.2, 0.25) is 5.82 Å². The zero-order valence-corrected chi connectivity index (χ0v) is 10.7. The minimum Gasteiger partial charge on any atom is -0.486 e. The van der Waals surface area contributed by atoms with Crippen LogP contribution in [0.15, 0.2) is 36.4 Å². The molecule has 0 amide bonds. The maximum atomic E-state index is 13.4. The van der Waals surface area contributed by atoms with Crippen LogP contribution in [0.3, 0.4) is 0 Å². The van der Waals surface area contributed by atoms with E-state index in [1.807, 2.05) is 0 Å². The fourth-order valence-corrected chi connectivity index (χ4v) is 1.74. The van der Waals surface area contributed by atoms with Crippen LogP contribution in [-0.2, 0) is 6.61 Å². The number of carbonyl (C=O) groups is 1. The lowest BCUT2D eigenvalue weighted by Gasteiger charge is -2.10. The van der Waals surface area contributed by atoms with E-state index in [2.05, 4.69) is 0 Å². The molecule has 0 aliphatic carbocycles. The first-order valence-corrected chi connectivity index (χ1v) is 5.88. The van der Waals surface area contributed by atoms with Gasteiger partial charge in [-0.2, -0.15) is 4.39 Å². The number of rotatable bonds is 4. The van der Waals surface area contributed by atoms with Crippen molar-refractivity contribution < 1.29 is 23.4 Å².